The van der Waals surface area contributed by atoms with Crippen LogP contribution in [0.3, 0.4) is 0 Å². The van der Waals surface area contributed by atoms with Crippen molar-refractivity contribution in [3.8, 4) is 5.88 Å². The molecule has 0 aliphatic carbocycles. The molecule has 0 radical (unpaired) electrons. The van der Waals surface area contributed by atoms with E-state index in [2.05, 4.69) is 15.0 Å². The molecular weight excluding hydrogens is 302 g/mol. The smallest absolute Gasteiger partial charge is 0.326 e. The summed E-state index contributed by atoms with van der Waals surface area (Å²) >= 11 is 0. The molecule has 1 amide bonds. The molecule has 0 aromatic carbocycles. The second-order valence-corrected chi connectivity index (χ2v) is 5.18. The fourth-order valence-corrected chi connectivity index (χ4v) is 2.49. The molecule has 3 heterocycles. The van der Waals surface area contributed by atoms with Gasteiger partial charge in [-0.15, -0.1) is 0 Å². The van der Waals surface area contributed by atoms with Gasteiger partial charge in [0.25, 0.3) is 11.5 Å². The van der Waals surface area contributed by atoms with Gasteiger partial charge in [0.05, 0.1) is 6.54 Å². The van der Waals surface area contributed by atoms with Gasteiger partial charge < -0.3 is 14.6 Å². The van der Waals surface area contributed by atoms with Crippen LogP contribution in [-0.4, -0.2) is 49.9 Å². The maximum atomic E-state index is 12.4. The van der Waals surface area contributed by atoms with Crippen molar-refractivity contribution in [1.82, 2.24) is 24.8 Å². The first kappa shape index (κ1) is 14.9. The molecule has 1 aliphatic heterocycles. The second-order valence-electron chi connectivity index (χ2n) is 5.18. The summed E-state index contributed by atoms with van der Waals surface area (Å²) in [5.74, 6) is 0.0491. The predicted octanol–water partition coefficient (Wildman–Crippen LogP) is -0.463. The molecular formula is C14H15N5O4. The predicted molar refractivity (Wildman–Crippen MR) is 79.3 cm³/mol. The first-order valence-corrected chi connectivity index (χ1v) is 7.17. The Balaban J connectivity index is 1.71. The lowest BCUT2D eigenvalue weighted by atomic mass is 10.1. The zero-order valence-electron chi connectivity index (χ0n) is 12.2. The van der Waals surface area contributed by atoms with Gasteiger partial charge in [-0.2, -0.15) is 0 Å². The highest BCUT2D eigenvalue weighted by atomic mass is 16.5. The summed E-state index contributed by atoms with van der Waals surface area (Å²) in [4.78, 5) is 48.8. The minimum absolute atomic E-state index is 0.0264. The van der Waals surface area contributed by atoms with Crippen LogP contribution in [0.2, 0.25) is 0 Å². The Morgan fingerprint density at radius 2 is 2.22 bits per heavy atom. The number of carbonyl (C=O) groups excluding carboxylic acids is 1. The standard InChI is InChI=1S/C14H15N5O4/c20-11-6-10(17-14(22)18-11)13(21)19-5-1-2-9(7-19)23-12-3-4-15-8-16-12/h3-4,6,8-9H,1-2,5,7H2,(H2,17,18,20,22). The highest BCUT2D eigenvalue weighted by Crippen LogP contribution is 2.17. The third-order valence-corrected chi connectivity index (χ3v) is 3.50. The van der Waals surface area contributed by atoms with Crippen LogP contribution in [0.5, 0.6) is 5.88 Å². The normalized spacial score (nSPS) is 17.7. The number of nitrogens with zero attached hydrogens (tertiary/aromatic N) is 3. The minimum atomic E-state index is -0.702. The Hall–Kier alpha value is -2.97. The van der Waals surface area contributed by atoms with Crippen LogP contribution in [0.4, 0.5) is 0 Å². The number of aromatic nitrogens is 4. The topological polar surface area (TPSA) is 121 Å². The van der Waals surface area contributed by atoms with Gasteiger partial charge in [-0.3, -0.25) is 14.6 Å². The molecule has 1 unspecified atom stereocenters. The fraction of sp³-hybridized carbons (Fsp3) is 0.357. The molecule has 1 atom stereocenters. The number of hydrogen-bond donors (Lipinski definition) is 2. The summed E-state index contributed by atoms with van der Waals surface area (Å²) in [6.07, 6.45) is 4.32. The number of ether oxygens (including phenoxy) is 1. The summed E-state index contributed by atoms with van der Waals surface area (Å²) in [6, 6.07) is 2.73. The van der Waals surface area contributed by atoms with Crippen LogP contribution < -0.4 is 16.0 Å². The largest absolute Gasteiger partial charge is 0.472 e. The van der Waals surface area contributed by atoms with Crippen molar-refractivity contribution in [2.24, 2.45) is 0 Å². The zero-order valence-corrected chi connectivity index (χ0v) is 12.2. The first-order valence-electron chi connectivity index (χ1n) is 7.17. The Bertz CT molecular complexity index is 772. The molecule has 0 saturated carbocycles. The van der Waals surface area contributed by atoms with Gasteiger partial charge in [0, 0.05) is 24.9 Å². The fourth-order valence-electron chi connectivity index (χ4n) is 2.49. The highest BCUT2D eigenvalue weighted by molar-refractivity contribution is 5.92. The van der Waals surface area contributed by atoms with Crippen LogP contribution >= 0.6 is 0 Å². The van der Waals surface area contributed by atoms with Crippen LogP contribution in [0.15, 0.2) is 34.2 Å². The van der Waals surface area contributed by atoms with E-state index in [1.54, 1.807) is 17.2 Å². The van der Waals surface area contributed by atoms with E-state index in [1.807, 2.05) is 4.98 Å². The Labute approximate surface area is 130 Å². The summed E-state index contributed by atoms with van der Waals surface area (Å²) in [5.41, 5.74) is -1.34. The number of rotatable bonds is 3. The molecule has 0 bridgehead atoms. The summed E-state index contributed by atoms with van der Waals surface area (Å²) in [6.45, 7) is 0.898. The van der Waals surface area contributed by atoms with E-state index in [1.165, 1.54) is 6.33 Å². The molecule has 2 aromatic rings. The number of amides is 1. The van der Waals surface area contributed by atoms with Gasteiger partial charge in [-0.05, 0) is 12.8 Å². The quantitative estimate of drug-likeness (QED) is 0.790. The van der Waals surface area contributed by atoms with Gasteiger partial charge in [0.2, 0.25) is 5.88 Å². The zero-order chi connectivity index (χ0) is 16.2. The van der Waals surface area contributed by atoms with Gasteiger partial charge in [0.15, 0.2) is 0 Å². The second kappa shape index (κ2) is 6.42. The van der Waals surface area contributed by atoms with E-state index in [9.17, 15) is 14.4 Å². The molecule has 2 aromatic heterocycles. The van der Waals surface area contributed by atoms with E-state index in [0.29, 0.717) is 19.0 Å². The number of nitrogens with one attached hydrogen (secondary N) is 2. The van der Waals surface area contributed by atoms with Crippen molar-refractivity contribution in [3.05, 3.63) is 51.2 Å². The Morgan fingerprint density at radius 3 is 2.96 bits per heavy atom. The monoisotopic (exact) mass is 317 g/mol. The van der Waals surface area contributed by atoms with Crippen molar-refractivity contribution in [3.63, 3.8) is 0 Å². The number of carbonyl (C=O) groups is 1. The van der Waals surface area contributed by atoms with Crippen molar-refractivity contribution < 1.29 is 9.53 Å². The third-order valence-electron chi connectivity index (χ3n) is 3.50. The average Bonchev–Trinajstić information content (AvgIpc) is 2.54. The number of H-pyrrole nitrogens is 2. The van der Waals surface area contributed by atoms with Crippen LogP contribution in [0.25, 0.3) is 0 Å². The molecule has 120 valence electrons. The van der Waals surface area contributed by atoms with Crippen molar-refractivity contribution in [2.75, 3.05) is 13.1 Å². The van der Waals surface area contributed by atoms with E-state index >= 15 is 0 Å². The highest BCUT2D eigenvalue weighted by Gasteiger charge is 2.26. The Kier molecular flexibility index (Phi) is 4.18. The molecule has 1 aliphatic rings. The number of likely N-dealkylation sites (tertiary alicyclic amines) is 1. The van der Waals surface area contributed by atoms with Crippen LogP contribution in [0.1, 0.15) is 23.3 Å². The lowest BCUT2D eigenvalue weighted by Crippen LogP contribution is -2.45. The number of piperidine rings is 1. The van der Waals surface area contributed by atoms with E-state index in [0.717, 1.165) is 18.9 Å². The summed E-state index contributed by atoms with van der Waals surface area (Å²) in [5, 5.41) is 0. The molecule has 23 heavy (non-hydrogen) atoms. The van der Waals surface area contributed by atoms with Crippen molar-refractivity contribution >= 4 is 5.91 Å². The molecule has 0 spiro atoms. The van der Waals surface area contributed by atoms with Gasteiger partial charge in [0.1, 0.15) is 18.1 Å². The summed E-state index contributed by atoms with van der Waals surface area (Å²) < 4.78 is 5.73. The maximum absolute atomic E-state index is 12.4. The maximum Gasteiger partial charge on any atom is 0.326 e. The molecule has 2 N–H and O–H groups in total. The SMILES string of the molecule is O=C(c1cc(=O)[nH]c(=O)[nH]1)N1CCCC(Oc2ccncn2)C1. The molecule has 9 heteroatoms. The van der Waals surface area contributed by atoms with Crippen molar-refractivity contribution in [1.29, 1.82) is 0 Å². The number of hydrogen-bond acceptors (Lipinski definition) is 6. The minimum Gasteiger partial charge on any atom is -0.472 e. The molecule has 1 fully saturated rings. The summed E-state index contributed by atoms with van der Waals surface area (Å²) in [7, 11) is 0. The molecule has 1 saturated heterocycles. The van der Waals surface area contributed by atoms with E-state index in [4.69, 9.17) is 4.74 Å². The van der Waals surface area contributed by atoms with Crippen molar-refractivity contribution in [2.45, 2.75) is 18.9 Å². The third kappa shape index (κ3) is 3.62. The number of aromatic amines is 2. The lowest BCUT2D eigenvalue weighted by molar-refractivity contribution is 0.0521. The van der Waals surface area contributed by atoms with Crippen LogP contribution in [-0.2, 0) is 0 Å². The van der Waals surface area contributed by atoms with E-state index in [-0.39, 0.29) is 11.8 Å². The molecule has 3 rings (SSSR count). The van der Waals surface area contributed by atoms with Crippen LogP contribution in [0, 0.1) is 0 Å². The first-order chi connectivity index (χ1) is 11.1. The van der Waals surface area contributed by atoms with Gasteiger partial charge >= 0.3 is 5.69 Å². The van der Waals surface area contributed by atoms with Gasteiger partial charge in [-0.1, -0.05) is 0 Å². The average molecular weight is 317 g/mol. The lowest BCUT2D eigenvalue weighted by Gasteiger charge is -2.32. The van der Waals surface area contributed by atoms with E-state index < -0.39 is 17.2 Å². The molecule has 9 nitrogen and oxygen atoms in total. The van der Waals surface area contributed by atoms with Gasteiger partial charge in [-0.25, -0.2) is 14.8 Å². The Morgan fingerprint density at radius 1 is 1.35 bits per heavy atom.